The number of ether oxygens (including phenoxy) is 1. The number of hydrogen-bond donors (Lipinski definition) is 2. The van der Waals surface area contributed by atoms with Crippen molar-refractivity contribution in [2.75, 3.05) is 5.32 Å². The normalized spacial score (nSPS) is 10.6. The van der Waals surface area contributed by atoms with Crippen LogP contribution < -0.4 is 16.6 Å². The third-order valence-corrected chi connectivity index (χ3v) is 4.54. The minimum atomic E-state index is -1.16. The van der Waals surface area contributed by atoms with E-state index in [-0.39, 0.29) is 6.42 Å². The average Bonchev–Trinajstić information content (AvgIpc) is 2.68. The highest BCUT2D eigenvalue weighted by Crippen LogP contribution is 2.33. The maximum absolute atomic E-state index is 13.3. The van der Waals surface area contributed by atoms with Crippen molar-refractivity contribution in [3.63, 3.8) is 0 Å². The predicted octanol–water partition coefficient (Wildman–Crippen LogP) is 3.47. The van der Waals surface area contributed by atoms with E-state index >= 15 is 0 Å². The van der Waals surface area contributed by atoms with Gasteiger partial charge in [-0.2, -0.15) is 4.39 Å². The maximum Gasteiger partial charge on any atom is 0.331 e. The fourth-order valence-electron chi connectivity index (χ4n) is 2.47. The highest BCUT2D eigenvalue weighted by Gasteiger charge is 2.13. The first-order valence-electron chi connectivity index (χ1n) is 8.29. The zero-order chi connectivity index (χ0) is 21.0. The van der Waals surface area contributed by atoms with Crippen molar-refractivity contribution in [1.82, 2.24) is 9.55 Å². The Labute approximate surface area is 173 Å². The van der Waals surface area contributed by atoms with Gasteiger partial charge >= 0.3 is 11.7 Å². The highest BCUT2D eigenvalue weighted by molar-refractivity contribution is 6.39. The summed E-state index contributed by atoms with van der Waals surface area (Å²) in [5, 5.41) is 3.92. The number of nitrogens with one attached hydrogen (secondary N) is 2. The van der Waals surface area contributed by atoms with E-state index in [1.165, 1.54) is 0 Å². The van der Waals surface area contributed by atoms with Gasteiger partial charge in [0, 0.05) is 5.69 Å². The lowest BCUT2D eigenvalue weighted by atomic mass is 10.1. The van der Waals surface area contributed by atoms with Crippen LogP contribution in [0.3, 0.4) is 0 Å². The molecule has 0 saturated carbocycles. The molecular formula is C19H14Cl2FN3O4. The SMILES string of the molecule is O=C(Cc1ccccc1Nc1c(Cl)cccc1Cl)OCn1cc(F)c(=O)[nH]c1=O. The lowest BCUT2D eigenvalue weighted by Crippen LogP contribution is -2.32. The number of esters is 1. The lowest BCUT2D eigenvalue weighted by Gasteiger charge is -2.14. The minimum Gasteiger partial charge on any atom is -0.443 e. The molecule has 2 N–H and O–H groups in total. The first kappa shape index (κ1) is 20.6. The number of aromatic amines is 1. The molecule has 1 heterocycles. The van der Waals surface area contributed by atoms with Crippen molar-refractivity contribution < 1.29 is 13.9 Å². The summed E-state index contributed by atoms with van der Waals surface area (Å²) in [5.41, 5.74) is -0.359. The molecule has 29 heavy (non-hydrogen) atoms. The largest absolute Gasteiger partial charge is 0.443 e. The Kier molecular flexibility index (Phi) is 6.36. The van der Waals surface area contributed by atoms with Gasteiger partial charge in [0.1, 0.15) is 0 Å². The number of anilines is 2. The molecule has 0 aliphatic rings. The van der Waals surface area contributed by atoms with Crippen LogP contribution in [0.1, 0.15) is 5.56 Å². The molecule has 0 atom stereocenters. The molecule has 150 valence electrons. The Bertz CT molecular complexity index is 1160. The van der Waals surface area contributed by atoms with Gasteiger partial charge in [-0.1, -0.05) is 47.5 Å². The Hall–Kier alpha value is -3.10. The molecule has 3 rings (SSSR count). The number of para-hydroxylation sites is 2. The van der Waals surface area contributed by atoms with Crippen molar-refractivity contribution in [2.45, 2.75) is 13.2 Å². The minimum absolute atomic E-state index is 0.133. The number of nitrogens with zero attached hydrogens (tertiary/aromatic N) is 1. The average molecular weight is 438 g/mol. The van der Waals surface area contributed by atoms with E-state index in [0.29, 0.717) is 33.2 Å². The number of carbonyl (C=O) groups excluding carboxylic acids is 1. The fraction of sp³-hybridized carbons (Fsp3) is 0.105. The topological polar surface area (TPSA) is 93.2 Å². The van der Waals surface area contributed by atoms with E-state index in [9.17, 15) is 18.8 Å². The van der Waals surface area contributed by atoms with Gasteiger partial charge in [-0.25, -0.2) is 4.79 Å². The second-order valence-electron chi connectivity index (χ2n) is 5.91. The van der Waals surface area contributed by atoms with Gasteiger partial charge in [-0.05, 0) is 23.8 Å². The molecular weight excluding hydrogens is 424 g/mol. The second-order valence-corrected chi connectivity index (χ2v) is 6.72. The maximum atomic E-state index is 13.3. The molecule has 0 amide bonds. The summed E-state index contributed by atoms with van der Waals surface area (Å²) in [5.74, 6) is -1.82. The molecule has 3 aromatic rings. The van der Waals surface area contributed by atoms with Gasteiger partial charge in [0.2, 0.25) is 5.82 Å². The summed E-state index contributed by atoms with van der Waals surface area (Å²) >= 11 is 12.3. The summed E-state index contributed by atoms with van der Waals surface area (Å²) in [4.78, 5) is 36.6. The molecule has 2 aromatic carbocycles. The number of rotatable bonds is 6. The first-order chi connectivity index (χ1) is 13.8. The molecule has 0 fully saturated rings. The van der Waals surface area contributed by atoms with E-state index in [0.717, 1.165) is 4.57 Å². The third kappa shape index (κ3) is 5.04. The van der Waals surface area contributed by atoms with Gasteiger partial charge in [0.15, 0.2) is 6.73 Å². The van der Waals surface area contributed by atoms with Crippen molar-refractivity contribution in [3.05, 3.63) is 90.9 Å². The summed E-state index contributed by atoms with van der Waals surface area (Å²) in [7, 11) is 0. The van der Waals surface area contributed by atoms with E-state index in [4.69, 9.17) is 27.9 Å². The van der Waals surface area contributed by atoms with Crippen LogP contribution in [0.25, 0.3) is 0 Å². The van der Waals surface area contributed by atoms with E-state index in [2.05, 4.69) is 5.32 Å². The fourth-order valence-corrected chi connectivity index (χ4v) is 2.97. The Morgan fingerprint density at radius 2 is 1.79 bits per heavy atom. The van der Waals surface area contributed by atoms with Crippen LogP contribution in [0.15, 0.2) is 58.3 Å². The van der Waals surface area contributed by atoms with Crippen LogP contribution in [0.4, 0.5) is 15.8 Å². The Morgan fingerprint density at radius 3 is 2.52 bits per heavy atom. The summed E-state index contributed by atoms with van der Waals surface area (Å²) in [6.45, 7) is -0.544. The van der Waals surface area contributed by atoms with Gasteiger partial charge in [-0.15, -0.1) is 0 Å². The van der Waals surface area contributed by atoms with Gasteiger partial charge in [0.25, 0.3) is 5.56 Å². The van der Waals surface area contributed by atoms with Crippen LogP contribution in [0.5, 0.6) is 0 Å². The Balaban J connectivity index is 1.72. The van der Waals surface area contributed by atoms with E-state index in [1.807, 2.05) is 0 Å². The van der Waals surface area contributed by atoms with Crippen molar-refractivity contribution in [2.24, 2.45) is 0 Å². The molecule has 0 unspecified atom stereocenters. The molecule has 7 nitrogen and oxygen atoms in total. The van der Waals surface area contributed by atoms with Crippen LogP contribution in [0.2, 0.25) is 10.0 Å². The molecule has 10 heteroatoms. The van der Waals surface area contributed by atoms with Crippen LogP contribution >= 0.6 is 23.2 Å². The zero-order valence-corrected chi connectivity index (χ0v) is 16.3. The third-order valence-electron chi connectivity index (χ3n) is 3.91. The smallest absolute Gasteiger partial charge is 0.331 e. The molecule has 1 aromatic heterocycles. The summed E-state index contributed by atoms with van der Waals surface area (Å²) < 4.78 is 19.0. The van der Waals surface area contributed by atoms with Gasteiger partial charge in [-0.3, -0.25) is 19.1 Å². The predicted molar refractivity (Wildman–Crippen MR) is 107 cm³/mol. The van der Waals surface area contributed by atoms with Crippen LogP contribution in [-0.4, -0.2) is 15.5 Å². The second kappa shape index (κ2) is 8.93. The first-order valence-corrected chi connectivity index (χ1v) is 9.04. The van der Waals surface area contributed by atoms with Crippen LogP contribution in [-0.2, 0) is 22.7 Å². The Morgan fingerprint density at radius 1 is 1.10 bits per heavy atom. The van der Waals surface area contributed by atoms with E-state index < -0.39 is 29.8 Å². The zero-order valence-electron chi connectivity index (χ0n) is 14.7. The number of carbonyl (C=O) groups is 1. The van der Waals surface area contributed by atoms with Crippen molar-refractivity contribution >= 4 is 40.5 Å². The quantitative estimate of drug-likeness (QED) is 0.575. The van der Waals surface area contributed by atoms with Gasteiger partial charge in [0.05, 0.1) is 28.4 Å². The molecule has 0 aliphatic heterocycles. The van der Waals surface area contributed by atoms with E-state index in [1.54, 1.807) is 47.4 Å². The molecule has 0 spiro atoms. The summed E-state index contributed by atoms with van der Waals surface area (Å²) in [6, 6.07) is 12.0. The van der Waals surface area contributed by atoms with Crippen molar-refractivity contribution in [3.8, 4) is 0 Å². The standard InChI is InChI=1S/C19H14Cl2FN3O4/c20-12-5-3-6-13(21)17(12)23-15-7-2-1-4-11(15)8-16(26)29-10-25-9-14(22)18(27)24-19(25)28/h1-7,9,23H,8,10H2,(H,24,27,28). The number of halogens is 3. The molecule has 0 radical (unpaired) electrons. The number of H-pyrrole nitrogens is 1. The number of benzene rings is 2. The summed E-state index contributed by atoms with van der Waals surface area (Å²) in [6.07, 6.45) is 0.537. The monoisotopic (exact) mass is 437 g/mol. The number of hydrogen-bond acceptors (Lipinski definition) is 5. The lowest BCUT2D eigenvalue weighted by molar-refractivity contribution is -0.146. The molecule has 0 saturated heterocycles. The molecule has 0 bridgehead atoms. The van der Waals surface area contributed by atoms with Crippen molar-refractivity contribution in [1.29, 1.82) is 0 Å². The number of aromatic nitrogens is 2. The molecule has 0 aliphatic carbocycles. The van der Waals surface area contributed by atoms with Crippen LogP contribution in [0, 0.1) is 5.82 Å². The van der Waals surface area contributed by atoms with Gasteiger partial charge < -0.3 is 10.1 Å². The highest BCUT2D eigenvalue weighted by atomic mass is 35.5.